The SMILES string of the molecule is N[C@@H]1CCN(C(=O)Cc2csc(Cc3ccc(F)cc3)n2)C1. The van der Waals surface area contributed by atoms with Gasteiger partial charge in [-0.25, -0.2) is 9.37 Å². The largest absolute Gasteiger partial charge is 0.341 e. The standard InChI is InChI=1S/C16H18FN3OS/c17-12-3-1-11(2-4-12)7-15-19-14(10-22-15)8-16(21)20-6-5-13(18)9-20/h1-4,10,13H,5-9,18H2/t13-/m1/s1. The third-order valence-corrected chi connectivity index (χ3v) is 4.68. The quantitative estimate of drug-likeness (QED) is 0.937. The highest BCUT2D eigenvalue weighted by Gasteiger charge is 2.24. The van der Waals surface area contributed by atoms with E-state index in [4.69, 9.17) is 5.73 Å². The Balaban J connectivity index is 1.59. The topological polar surface area (TPSA) is 59.2 Å². The molecule has 1 aliphatic rings. The van der Waals surface area contributed by atoms with Crippen molar-refractivity contribution >= 4 is 17.2 Å². The van der Waals surface area contributed by atoms with Crippen LogP contribution in [-0.4, -0.2) is 34.9 Å². The van der Waals surface area contributed by atoms with Crippen LogP contribution in [-0.2, 0) is 17.6 Å². The van der Waals surface area contributed by atoms with E-state index in [1.165, 1.54) is 23.5 Å². The van der Waals surface area contributed by atoms with Crippen LogP contribution < -0.4 is 5.73 Å². The molecule has 2 aromatic rings. The third kappa shape index (κ3) is 3.69. The summed E-state index contributed by atoms with van der Waals surface area (Å²) in [5.74, 6) is -0.149. The first kappa shape index (κ1) is 15.1. The van der Waals surface area contributed by atoms with Crippen molar-refractivity contribution in [2.45, 2.75) is 25.3 Å². The number of nitrogens with two attached hydrogens (primary N) is 1. The van der Waals surface area contributed by atoms with Gasteiger partial charge in [0.15, 0.2) is 0 Å². The van der Waals surface area contributed by atoms with E-state index in [9.17, 15) is 9.18 Å². The van der Waals surface area contributed by atoms with Gasteiger partial charge in [-0.1, -0.05) is 12.1 Å². The van der Waals surface area contributed by atoms with Crippen molar-refractivity contribution in [2.24, 2.45) is 5.73 Å². The van der Waals surface area contributed by atoms with Gasteiger partial charge in [0.25, 0.3) is 0 Å². The summed E-state index contributed by atoms with van der Waals surface area (Å²) >= 11 is 1.53. The zero-order valence-corrected chi connectivity index (χ0v) is 13.0. The Kier molecular flexibility index (Phi) is 4.49. The molecule has 0 unspecified atom stereocenters. The van der Waals surface area contributed by atoms with E-state index < -0.39 is 0 Å². The summed E-state index contributed by atoms with van der Waals surface area (Å²) in [5.41, 5.74) is 7.63. The summed E-state index contributed by atoms with van der Waals surface area (Å²) in [6, 6.07) is 6.52. The maximum Gasteiger partial charge on any atom is 0.228 e. The minimum atomic E-state index is -0.238. The Morgan fingerprint density at radius 2 is 2.18 bits per heavy atom. The molecular formula is C16H18FN3OS. The molecule has 2 heterocycles. The molecule has 4 nitrogen and oxygen atoms in total. The molecule has 1 atom stereocenters. The second kappa shape index (κ2) is 6.54. The molecule has 1 aromatic heterocycles. The lowest BCUT2D eigenvalue weighted by Gasteiger charge is -2.14. The molecule has 1 fully saturated rings. The molecule has 1 aromatic carbocycles. The zero-order valence-electron chi connectivity index (χ0n) is 12.2. The van der Waals surface area contributed by atoms with E-state index in [0.717, 1.165) is 29.2 Å². The smallest absolute Gasteiger partial charge is 0.228 e. The van der Waals surface area contributed by atoms with E-state index in [1.807, 2.05) is 10.3 Å². The van der Waals surface area contributed by atoms with Crippen molar-refractivity contribution < 1.29 is 9.18 Å². The van der Waals surface area contributed by atoms with Crippen LogP contribution in [0.15, 0.2) is 29.6 Å². The number of nitrogens with zero attached hydrogens (tertiary/aromatic N) is 2. The predicted octanol–water partition coefficient (Wildman–Crippen LogP) is 1.98. The fourth-order valence-electron chi connectivity index (χ4n) is 2.57. The number of carbonyl (C=O) groups excluding carboxylic acids is 1. The van der Waals surface area contributed by atoms with E-state index in [1.54, 1.807) is 12.1 Å². The summed E-state index contributed by atoms with van der Waals surface area (Å²) in [4.78, 5) is 18.5. The number of amides is 1. The Bertz CT molecular complexity index is 656. The van der Waals surface area contributed by atoms with Gasteiger partial charge in [0.1, 0.15) is 5.82 Å². The number of thiazole rings is 1. The van der Waals surface area contributed by atoms with Gasteiger partial charge < -0.3 is 10.6 Å². The third-order valence-electron chi connectivity index (χ3n) is 3.78. The molecule has 3 rings (SSSR count). The summed E-state index contributed by atoms with van der Waals surface area (Å²) in [6.45, 7) is 1.39. The number of hydrogen-bond acceptors (Lipinski definition) is 4. The first-order valence-electron chi connectivity index (χ1n) is 7.31. The van der Waals surface area contributed by atoms with Crippen molar-refractivity contribution in [3.8, 4) is 0 Å². The van der Waals surface area contributed by atoms with E-state index in [-0.39, 0.29) is 17.8 Å². The Hall–Kier alpha value is -1.79. The number of aromatic nitrogens is 1. The van der Waals surface area contributed by atoms with E-state index in [0.29, 0.717) is 19.4 Å². The van der Waals surface area contributed by atoms with Gasteiger partial charge in [-0.2, -0.15) is 0 Å². The maximum atomic E-state index is 12.9. The Labute approximate surface area is 132 Å². The molecule has 116 valence electrons. The van der Waals surface area contributed by atoms with E-state index in [2.05, 4.69) is 4.98 Å². The molecule has 1 saturated heterocycles. The number of hydrogen-bond donors (Lipinski definition) is 1. The second-order valence-corrected chi connectivity index (χ2v) is 6.54. The molecule has 0 spiro atoms. The second-order valence-electron chi connectivity index (χ2n) is 5.60. The lowest BCUT2D eigenvalue weighted by Crippen LogP contribution is -2.33. The minimum Gasteiger partial charge on any atom is -0.341 e. The van der Waals surface area contributed by atoms with Crippen molar-refractivity contribution in [3.63, 3.8) is 0 Å². The van der Waals surface area contributed by atoms with Gasteiger partial charge in [-0.15, -0.1) is 11.3 Å². The van der Waals surface area contributed by atoms with Crippen LogP contribution in [0.2, 0.25) is 0 Å². The first-order chi connectivity index (χ1) is 10.6. The zero-order chi connectivity index (χ0) is 15.5. The molecule has 1 aliphatic heterocycles. The molecule has 0 radical (unpaired) electrons. The van der Waals surface area contributed by atoms with Crippen LogP contribution in [0.25, 0.3) is 0 Å². The average molecular weight is 319 g/mol. The molecule has 6 heteroatoms. The molecule has 2 N–H and O–H groups in total. The van der Waals surface area contributed by atoms with Gasteiger partial charge in [0, 0.05) is 30.9 Å². The first-order valence-corrected chi connectivity index (χ1v) is 8.19. The summed E-state index contributed by atoms with van der Waals surface area (Å²) in [5, 5.41) is 2.86. The van der Waals surface area contributed by atoms with Crippen molar-refractivity contribution in [1.29, 1.82) is 0 Å². The molecule has 0 saturated carbocycles. The average Bonchev–Trinajstić information content (AvgIpc) is 3.11. The summed E-state index contributed by atoms with van der Waals surface area (Å²) < 4.78 is 12.9. The highest BCUT2D eigenvalue weighted by atomic mass is 32.1. The van der Waals surface area contributed by atoms with Crippen LogP contribution in [0.3, 0.4) is 0 Å². The lowest BCUT2D eigenvalue weighted by molar-refractivity contribution is -0.129. The predicted molar refractivity (Wildman–Crippen MR) is 84.2 cm³/mol. The highest BCUT2D eigenvalue weighted by molar-refractivity contribution is 7.09. The van der Waals surface area contributed by atoms with Crippen LogP contribution >= 0.6 is 11.3 Å². The molecule has 1 amide bonds. The number of carbonyl (C=O) groups is 1. The van der Waals surface area contributed by atoms with E-state index >= 15 is 0 Å². The number of benzene rings is 1. The molecule has 22 heavy (non-hydrogen) atoms. The maximum absolute atomic E-state index is 12.9. The molecule has 0 bridgehead atoms. The number of halogens is 1. The molecule has 0 aliphatic carbocycles. The number of likely N-dealkylation sites (tertiary alicyclic amines) is 1. The minimum absolute atomic E-state index is 0.0894. The Morgan fingerprint density at radius 1 is 1.41 bits per heavy atom. The van der Waals surface area contributed by atoms with Crippen LogP contribution in [0, 0.1) is 5.82 Å². The van der Waals surface area contributed by atoms with Gasteiger partial charge in [-0.05, 0) is 24.1 Å². The fraction of sp³-hybridized carbons (Fsp3) is 0.375. The van der Waals surface area contributed by atoms with Crippen molar-refractivity contribution in [1.82, 2.24) is 9.88 Å². The van der Waals surface area contributed by atoms with Crippen molar-refractivity contribution in [3.05, 3.63) is 51.7 Å². The normalized spacial score (nSPS) is 17.9. The van der Waals surface area contributed by atoms with Gasteiger partial charge in [0.2, 0.25) is 5.91 Å². The van der Waals surface area contributed by atoms with Crippen molar-refractivity contribution in [2.75, 3.05) is 13.1 Å². The summed E-state index contributed by atoms with van der Waals surface area (Å²) in [6.07, 6.45) is 1.86. The fourth-order valence-corrected chi connectivity index (χ4v) is 3.40. The van der Waals surface area contributed by atoms with Crippen LogP contribution in [0.5, 0.6) is 0 Å². The van der Waals surface area contributed by atoms with Crippen LogP contribution in [0.4, 0.5) is 4.39 Å². The van der Waals surface area contributed by atoms with Gasteiger partial charge >= 0.3 is 0 Å². The Morgan fingerprint density at radius 3 is 2.86 bits per heavy atom. The lowest BCUT2D eigenvalue weighted by atomic mass is 10.1. The summed E-state index contributed by atoms with van der Waals surface area (Å²) in [7, 11) is 0. The highest BCUT2D eigenvalue weighted by Crippen LogP contribution is 2.17. The van der Waals surface area contributed by atoms with Gasteiger partial charge in [-0.3, -0.25) is 4.79 Å². The number of rotatable bonds is 4. The van der Waals surface area contributed by atoms with Gasteiger partial charge in [0.05, 0.1) is 17.1 Å². The monoisotopic (exact) mass is 319 g/mol. The van der Waals surface area contributed by atoms with Crippen LogP contribution in [0.1, 0.15) is 22.7 Å². The molecular weight excluding hydrogens is 301 g/mol.